The summed E-state index contributed by atoms with van der Waals surface area (Å²) in [6.07, 6.45) is 1.04. The number of aromatic nitrogens is 1. The summed E-state index contributed by atoms with van der Waals surface area (Å²) < 4.78 is 5.80. The molecule has 162 valence electrons. The molecular weight excluding hydrogens is 398 g/mol. The Kier molecular flexibility index (Phi) is 6.22. The average Bonchev–Trinajstić information content (AvgIpc) is 2.78. The van der Waals surface area contributed by atoms with Crippen molar-refractivity contribution in [2.75, 3.05) is 6.61 Å². The Balaban J connectivity index is 1.58. The number of aromatic carboxylic acids is 1. The zero-order valence-electron chi connectivity index (χ0n) is 18.6. The molecule has 3 aromatic carbocycles. The Hall–Kier alpha value is -3.66. The molecule has 0 aliphatic rings. The molecule has 1 heterocycles. The number of nitrogens with zero attached hydrogens (tertiary/aromatic N) is 1. The summed E-state index contributed by atoms with van der Waals surface area (Å²) in [6, 6.07) is 23.5. The molecule has 0 saturated heterocycles. The highest BCUT2D eigenvalue weighted by Gasteiger charge is 2.13. The Morgan fingerprint density at radius 3 is 2.16 bits per heavy atom. The zero-order valence-corrected chi connectivity index (χ0v) is 18.6. The van der Waals surface area contributed by atoms with Gasteiger partial charge in [-0.05, 0) is 60.7 Å². The minimum absolute atomic E-state index is 0.269. The molecule has 4 rings (SSSR count). The van der Waals surface area contributed by atoms with Gasteiger partial charge >= 0.3 is 5.97 Å². The van der Waals surface area contributed by atoms with Gasteiger partial charge in [-0.2, -0.15) is 0 Å². The second-order valence-electron chi connectivity index (χ2n) is 8.51. The van der Waals surface area contributed by atoms with Crippen molar-refractivity contribution in [1.29, 1.82) is 0 Å². The van der Waals surface area contributed by atoms with Crippen LogP contribution in [0.2, 0.25) is 0 Å². The van der Waals surface area contributed by atoms with Gasteiger partial charge in [0.15, 0.2) is 0 Å². The van der Waals surface area contributed by atoms with Crippen LogP contribution in [0.5, 0.6) is 5.75 Å². The van der Waals surface area contributed by atoms with Gasteiger partial charge in [-0.15, -0.1) is 0 Å². The molecule has 32 heavy (non-hydrogen) atoms. The molecule has 0 aliphatic carbocycles. The van der Waals surface area contributed by atoms with E-state index in [4.69, 9.17) is 9.72 Å². The number of aryl methyl sites for hydroxylation is 1. The molecule has 4 aromatic rings. The van der Waals surface area contributed by atoms with Gasteiger partial charge in [-0.3, -0.25) is 0 Å². The summed E-state index contributed by atoms with van der Waals surface area (Å²) in [5, 5.41) is 10.4. The molecule has 0 fully saturated rings. The van der Waals surface area contributed by atoms with E-state index in [0.717, 1.165) is 41.0 Å². The first-order chi connectivity index (χ1) is 15.4. The SMILES string of the molecule is Cc1ccc2nc(-c3ccc(-c4ccc(OCCC(C)C)cc4)cc3)cc(C(=O)O)c2c1. The highest BCUT2D eigenvalue weighted by molar-refractivity contribution is 6.04. The highest BCUT2D eigenvalue weighted by Crippen LogP contribution is 2.29. The normalized spacial score (nSPS) is 11.1. The first-order valence-electron chi connectivity index (χ1n) is 10.9. The largest absolute Gasteiger partial charge is 0.494 e. The molecule has 4 heteroatoms. The molecule has 4 nitrogen and oxygen atoms in total. The van der Waals surface area contributed by atoms with Gasteiger partial charge in [-0.25, -0.2) is 9.78 Å². The van der Waals surface area contributed by atoms with Crippen LogP contribution in [0.3, 0.4) is 0 Å². The van der Waals surface area contributed by atoms with E-state index in [1.165, 1.54) is 0 Å². The number of hydrogen-bond donors (Lipinski definition) is 1. The average molecular weight is 426 g/mol. The maximum absolute atomic E-state index is 11.8. The molecule has 1 aromatic heterocycles. The number of carbonyl (C=O) groups is 1. The van der Waals surface area contributed by atoms with Gasteiger partial charge < -0.3 is 9.84 Å². The second kappa shape index (κ2) is 9.23. The van der Waals surface area contributed by atoms with Crippen LogP contribution in [0.4, 0.5) is 0 Å². The van der Waals surface area contributed by atoms with E-state index >= 15 is 0 Å². The van der Waals surface area contributed by atoms with Gasteiger partial charge in [0, 0.05) is 10.9 Å². The van der Waals surface area contributed by atoms with Crippen LogP contribution in [0.15, 0.2) is 72.8 Å². The fourth-order valence-corrected chi connectivity index (χ4v) is 3.65. The van der Waals surface area contributed by atoms with Crippen LogP contribution in [0.25, 0.3) is 33.3 Å². The number of carboxylic acid groups (broad SMARTS) is 1. The molecule has 0 atom stereocenters. The quantitative estimate of drug-likeness (QED) is 0.346. The lowest BCUT2D eigenvalue weighted by atomic mass is 10.00. The van der Waals surface area contributed by atoms with E-state index in [0.29, 0.717) is 22.5 Å². The van der Waals surface area contributed by atoms with Crippen LogP contribution >= 0.6 is 0 Å². The van der Waals surface area contributed by atoms with Gasteiger partial charge in [0.1, 0.15) is 5.75 Å². The molecule has 0 amide bonds. The fourth-order valence-electron chi connectivity index (χ4n) is 3.65. The number of ether oxygens (including phenoxy) is 1. The monoisotopic (exact) mass is 425 g/mol. The lowest BCUT2D eigenvalue weighted by Crippen LogP contribution is -2.01. The van der Waals surface area contributed by atoms with Crippen molar-refractivity contribution in [3.8, 4) is 28.1 Å². The second-order valence-corrected chi connectivity index (χ2v) is 8.51. The maximum atomic E-state index is 11.8. The lowest BCUT2D eigenvalue weighted by molar-refractivity contribution is 0.0699. The number of fused-ring (bicyclic) bond motifs is 1. The lowest BCUT2D eigenvalue weighted by Gasteiger charge is -2.10. The first kappa shape index (κ1) is 21.6. The minimum Gasteiger partial charge on any atom is -0.494 e. The molecule has 1 N–H and O–H groups in total. The summed E-state index contributed by atoms with van der Waals surface area (Å²) in [7, 11) is 0. The number of pyridine rings is 1. The van der Waals surface area contributed by atoms with Crippen molar-refractivity contribution in [3.63, 3.8) is 0 Å². The first-order valence-corrected chi connectivity index (χ1v) is 10.9. The fraction of sp³-hybridized carbons (Fsp3) is 0.214. The number of benzene rings is 3. The maximum Gasteiger partial charge on any atom is 0.336 e. The third-order valence-electron chi connectivity index (χ3n) is 5.53. The van der Waals surface area contributed by atoms with Crippen molar-refractivity contribution in [3.05, 3.63) is 83.9 Å². The van der Waals surface area contributed by atoms with E-state index in [1.807, 2.05) is 61.5 Å². The standard InChI is InChI=1S/C28H27NO3/c1-18(2)14-15-32-23-11-9-21(10-12-23)20-5-7-22(8-6-20)27-17-25(28(30)31)24-16-19(3)4-13-26(24)29-27/h4-13,16-18H,14-15H2,1-3H3,(H,30,31). The summed E-state index contributed by atoms with van der Waals surface area (Å²) in [5.74, 6) is 0.556. The summed E-state index contributed by atoms with van der Waals surface area (Å²) in [5.41, 5.74) is 5.67. The summed E-state index contributed by atoms with van der Waals surface area (Å²) in [6.45, 7) is 7.05. The van der Waals surface area contributed by atoms with Crippen molar-refractivity contribution >= 4 is 16.9 Å². The number of hydrogen-bond acceptors (Lipinski definition) is 3. The van der Waals surface area contributed by atoms with Crippen LogP contribution in [0.1, 0.15) is 36.2 Å². The van der Waals surface area contributed by atoms with E-state index in [2.05, 4.69) is 26.0 Å². The van der Waals surface area contributed by atoms with Crippen molar-refractivity contribution in [1.82, 2.24) is 4.98 Å². The molecule has 0 saturated carbocycles. The van der Waals surface area contributed by atoms with E-state index in [9.17, 15) is 9.90 Å². The molecule has 0 aliphatic heterocycles. The van der Waals surface area contributed by atoms with Crippen LogP contribution in [-0.4, -0.2) is 22.7 Å². The Bertz CT molecular complexity index is 1240. The van der Waals surface area contributed by atoms with E-state index in [1.54, 1.807) is 6.07 Å². The Morgan fingerprint density at radius 2 is 1.53 bits per heavy atom. The number of carboxylic acids is 1. The molecule has 0 radical (unpaired) electrons. The zero-order chi connectivity index (χ0) is 22.7. The van der Waals surface area contributed by atoms with Crippen molar-refractivity contribution in [2.45, 2.75) is 27.2 Å². The smallest absolute Gasteiger partial charge is 0.336 e. The topological polar surface area (TPSA) is 59.4 Å². The molecular formula is C28H27NO3. The van der Waals surface area contributed by atoms with Crippen LogP contribution in [-0.2, 0) is 0 Å². The van der Waals surface area contributed by atoms with Crippen LogP contribution < -0.4 is 4.74 Å². The molecule has 0 spiro atoms. The Morgan fingerprint density at radius 1 is 0.906 bits per heavy atom. The molecule has 0 unspecified atom stereocenters. The molecule has 0 bridgehead atoms. The van der Waals surface area contributed by atoms with Crippen molar-refractivity contribution < 1.29 is 14.6 Å². The van der Waals surface area contributed by atoms with Crippen molar-refractivity contribution in [2.24, 2.45) is 5.92 Å². The van der Waals surface area contributed by atoms with Gasteiger partial charge in [0.25, 0.3) is 0 Å². The highest BCUT2D eigenvalue weighted by atomic mass is 16.5. The van der Waals surface area contributed by atoms with Gasteiger partial charge in [0.05, 0.1) is 23.4 Å². The minimum atomic E-state index is -0.948. The third kappa shape index (κ3) is 4.80. The van der Waals surface area contributed by atoms with Gasteiger partial charge in [-0.1, -0.05) is 61.9 Å². The Labute approximate surface area is 188 Å². The predicted molar refractivity (Wildman–Crippen MR) is 129 cm³/mol. The third-order valence-corrected chi connectivity index (χ3v) is 5.53. The number of rotatable bonds is 7. The van der Waals surface area contributed by atoms with Gasteiger partial charge in [0.2, 0.25) is 0 Å². The van der Waals surface area contributed by atoms with E-state index in [-0.39, 0.29) is 5.56 Å². The predicted octanol–water partition coefficient (Wildman–Crippen LogP) is 7.00. The summed E-state index contributed by atoms with van der Waals surface area (Å²) in [4.78, 5) is 16.5. The van der Waals surface area contributed by atoms with E-state index < -0.39 is 5.97 Å². The van der Waals surface area contributed by atoms with Crippen LogP contribution in [0, 0.1) is 12.8 Å². The summed E-state index contributed by atoms with van der Waals surface area (Å²) >= 11 is 0.